The van der Waals surface area contributed by atoms with Crippen molar-refractivity contribution >= 4 is 22.4 Å². The number of carbonyl (C=O) groups is 1. The maximum absolute atomic E-state index is 12.4. The number of benzene rings is 1. The summed E-state index contributed by atoms with van der Waals surface area (Å²) < 4.78 is 11.2. The predicted molar refractivity (Wildman–Crippen MR) is 104 cm³/mol. The molecule has 5 nitrogen and oxygen atoms in total. The lowest BCUT2D eigenvalue weighted by atomic mass is 10.2. The van der Waals surface area contributed by atoms with Gasteiger partial charge in [-0.1, -0.05) is 19.8 Å². The second kappa shape index (κ2) is 8.67. The summed E-state index contributed by atoms with van der Waals surface area (Å²) in [6.45, 7) is 4.75. The van der Waals surface area contributed by atoms with E-state index in [0.29, 0.717) is 28.8 Å². The third-order valence-corrected chi connectivity index (χ3v) is 4.61. The highest BCUT2D eigenvalue weighted by Gasteiger charge is 2.12. The summed E-state index contributed by atoms with van der Waals surface area (Å²) in [6.07, 6.45) is 3.37. The van der Waals surface area contributed by atoms with Crippen LogP contribution < -0.4 is 10.1 Å². The molecule has 0 spiro atoms. The summed E-state index contributed by atoms with van der Waals surface area (Å²) in [5.41, 5.74) is 1.28. The average molecular weight is 370 g/mol. The number of unbranched alkanes of at least 4 members (excludes halogenated alkanes) is 2. The van der Waals surface area contributed by atoms with Crippen LogP contribution in [0.3, 0.4) is 0 Å². The van der Waals surface area contributed by atoms with Gasteiger partial charge in [0.25, 0.3) is 5.91 Å². The van der Waals surface area contributed by atoms with Crippen LogP contribution in [-0.4, -0.2) is 17.5 Å². The van der Waals surface area contributed by atoms with Crippen LogP contribution >= 0.6 is 11.3 Å². The fourth-order valence-corrected chi connectivity index (χ4v) is 3.13. The number of rotatable bonds is 8. The Labute approximate surface area is 157 Å². The Hall–Kier alpha value is -2.60. The lowest BCUT2D eigenvalue weighted by Gasteiger charge is -2.06. The molecule has 0 fully saturated rings. The summed E-state index contributed by atoms with van der Waals surface area (Å²) in [5.74, 6) is 2.11. The number of hydrogen-bond acceptors (Lipinski definition) is 5. The molecule has 6 heteroatoms. The number of carbonyl (C=O) groups excluding carboxylic acids is 1. The van der Waals surface area contributed by atoms with E-state index >= 15 is 0 Å². The van der Waals surface area contributed by atoms with Gasteiger partial charge in [0.05, 0.1) is 6.61 Å². The minimum atomic E-state index is -0.195. The van der Waals surface area contributed by atoms with Crippen molar-refractivity contribution in [1.29, 1.82) is 0 Å². The van der Waals surface area contributed by atoms with Gasteiger partial charge in [-0.05, 0) is 49.7 Å². The van der Waals surface area contributed by atoms with Crippen molar-refractivity contribution in [2.24, 2.45) is 0 Å². The fourth-order valence-electron chi connectivity index (χ4n) is 2.43. The van der Waals surface area contributed by atoms with Crippen molar-refractivity contribution < 1.29 is 13.9 Å². The largest absolute Gasteiger partial charge is 0.494 e. The van der Waals surface area contributed by atoms with Crippen molar-refractivity contribution in [2.45, 2.75) is 33.1 Å². The van der Waals surface area contributed by atoms with Gasteiger partial charge >= 0.3 is 0 Å². The van der Waals surface area contributed by atoms with E-state index in [2.05, 4.69) is 17.2 Å². The van der Waals surface area contributed by atoms with Gasteiger partial charge in [0.15, 0.2) is 10.9 Å². The molecule has 0 saturated heterocycles. The number of amides is 1. The molecule has 3 rings (SSSR count). The molecule has 0 unspecified atom stereocenters. The SMILES string of the molecule is CCCCCOc1ccc(C(=O)Nc2nc(-c3ccc(C)o3)cs2)cc1. The Morgan fingerprint density at radius 2 is 2.00 bits per heavy atom. The molecular formula is C20H22N2O3S. The Morgan fingerprint density at radius 3 is 2.69 bits per heavy atom. The summed E-state index contributed by atoms with van der Waals surface area (Å²) in [7, 11) is 0. The second-order valence-electron chi connectivity index (χ2n) is 5.98. The van der Waals surface area contributed by atoms with Gasteiger partial charge in [-0.2, -0.15) is 0 Å². The average Bonchev–Trinajstić information content (AvgIpc) is 3.28. The van der Waals surface area contributed by atoms with Crippen molar-refractivity contribution in [3.8, 4) is 17.2 Å². The number of aryl methyl sites for hydroxylation is 1. The predicted octanol–water partition coefficient (Wildman–Crippen LogP) is 5.53. The number of thiazole rings is 1. The van der Waals surface area contributed by atoms with Gasteiger partial charge in [0.2, 0.25) is 0 Å². The maximum Gasteiger partial charge on any atom is 0.257 e. The molecule has 1 amide bonds. The van der Waals surface area contributed by atoms with Gasteiger partial charge < -0.3 is 9.15 Å². The standard InChI is InChI=1S/C20H22N2O3S/c1-3-4-5-12-24-16-9-7-15(8-10-16)19(23)22-20-21-17(13-26-20)18-11-6-14(2)25-18/h6-11,13H,3-5,12H2,1-2H3,(H,21,22,23). The zero-order chi connectivity index (χ0) is 18.4. The topological polar surface area (TPSA) is 64.4 Å². The van der Waals surface area contributed by atoms with E-state index in [0.717, 1.165) is 24.4 Å². The Kier molecular flexibility index (Phi) is 6.07. The summed E-state index contributed by atoms with van der Waals surface area (Å²) in [5, 5.41) is 5.22. The van der Waals surface area contributed by atoms with E-state index < -0.39 is 0 Å². The van der Waals surface area contributed by atoms with Gasteiger partial charge in [-0.25, -0.2) is 4.98 Å². The van der Waals surface area contributed by atoms with E-state index in [1.54, 1.807) is 12.1 Å². The normalized spacial score (nSPS) is 10.7. The van der Waals surface area contributed by atoms with E-state index in [-0.39, 0.29) is 5.91 Å². The minimum absolute atomic E-state index is 0.195. The molecule has 0 aliphatic carbocycles. The van der Waals surface area contributed by atoms with Crippen LogP contribution in [0, 0.1) is 6.92 Å². The first-order chi connectivity index (χ1) is 12.7. The molecule has 136 valence electrons. The lowest BCUT2D eigenvalue weighted by molar-refractivity contribution is 0.102. The molecule has 1 N–H and O–H groups in total. The molecule has 0 aliphatic rings. The Bertz CT molecular complexity index is 852. The highest BCUT2D eigenvalue weighted by molar-refractivity contribution is 7.14. The first kappa shape index (κ1) is 18.2. The number of anilines is 1. The quantitative estimate of drug-likeness (QED) is 0.529. The number of ether oxygens (including phenoxy) is 1. The highest BCUT2D eigenvalue weighted by Crippen LogP contribution is 2.26. The molecule has 0 radical (unpaired) electrons. The van der Waals surface area contributed by atoms with Crippen molar-refractivity contribution in [2.75, 3.05) is 11.9 Å². The van der Waals surface area contributed by atoms with E-state index in [9.17, 15) is 4.79 Å². The monoisotopic (exact) mass is 370 g/mol. The molecule has 0 atom stereocenters. The third kappa shape index (κ3) is 4.73. The van der Waals surface area contributed by atoms with Crippen LogP contribution in [0.25, 0.3) is 11.5 Å². The first-order valence-electron chi connectivity index (χ1n) is 8.72. The molecule has 26 heavy (non-hydrogen) atoms. The van der Waals surface area contributed by atoms with E-state index in [1.807, 2.05) is 36.6 Å². The first-order valence-corrected chi connectivity index (χ1v) is 9.60. The van der Waals surface area contributed by atoms with Crippen LogP contribution in [-0.2, 0) is 0 Å². The molecule has 0 bridgehead atoms. The molecule has 2 aromatic heterocycles. The van der Waals surface area contributed by atoms with Gasteiger partial charge in [0.1, 0.15) is 17.2 Å². The summed E-state index contributed by atoms with van der Waals surface area (Å²) >= 11 is 1.37. The van der Waals surface area contributed by atoms with Crippen molar-refractivity contribution in [1.82, 2.24) is 4.98 Å². The van der Waals surface area contributed by atoms with Crippen LogP contribution in [0.5, 0.6) is 5.75 Å². The number of aromatic nitrogens is 1. The van der Waals surface area contributed by atoms with Crippen molar-refractivity contribution in [3.05, 3.63) is 53.1 Å². The second-order valence-corrected chi connectivity index (χ2v) is 6.84. The molecule has 0 saturated carbocycles. The third-order valence-electron chi connectivity index (χ3n) is 3.85. The van der Waals surface area contributed by atoms with Gasteiger partial charge in [-0.15, -0.1) is 11.3 Å². The van der Waals surface area contributed by atoms with Gasteiger partial charge in [0, 0.05) is 10.9 Å². The number of hydrogen-bond donors (Lipinski definition) is 1. The maximum atomic E-state index is 12.4. The summed E-state index contributed by atoms with van der Waals surface area (Å²) in [4.78, 5) is 16.8. The van der Waals surface area contributed by atoms with Crippen LogP contribution in [0.15, 0.2) is 46.2 Å². The molecule has 2 heterocycles. The Balaban J connectivity index is 1.57. The Morgan fingerprint density at radius 1 is 1.19 bits per heavy atom. The van der Waals surface area contributed by atoms with Crippen molar-refractivity contribution in [3.63, 3.8) is 0 Å². The van der Waals surface area contributed by atoms with Crippen LogP contribution in [0.4, 0.5) is 5.13 Å². The number of nitrogens with zero attached hydrogens (tertiary/aromatic N) is 1. The molecule has 0 aliphatic heterocycles. The smallest absolute Gasteiger partial charge is 0.257 e. The zero-order valence-corrected chi connectivity index (χ0v) is 15.8. The highest BCUT2D eigenvalue weighted by atomic mass is 32.1. The number of furan rings is 1. The van der Waals surface area contributed by atoms with Crippen LogP contribution in [0.1, 0.15) is 42.3 Å². The molecule has 3 aromatic rings. The molecule has 1 aromatic carbocycles. The molecular weight excluding hydrogens is 348 g/mol. The zero-order valence-electron chi connectivity index (χ0n) is 15.0. The van der Waals surface area contributed by atoms with E-state index in [1.165, 1.54) is 17.8 Å². The van der Waals surface area contributed by atoms with Gasteiger partial charge in [-0.3, -0.25) is 10.1 Å². The summed E-state index contributed by atoms with van der Waals surface area (Å²) in [6, 6.07) is 10.9. The minimum Gasteiger partial charge on any atom is -0.494 e. The fraction of sp³-hybridized carbons (Fsp3) is 0.300. The number of nitrogens with one attached hydrogen (secondary N) is 1. The lowest BCUT2D eigenvalue weighted by Crippen LogP contribution is -2.11. The van der Waals surface area contributed by atoms with Crippen LogP contribution in [0.2, 0.25) is 0 Å². The van der Waals surface area contributed by atoms with E-state index in [4.69, 9.17) is 9.15 Å².